The molecule has 0 aliphatic heterocycles. The first-order valence-electron chi connectivity index (χ1n) is 8.94. The summed E-state index contributed by atoms with van der Waals surface area (Å²) in [5, 5.41) is 7.09. The predicted octanol–water partition coefficient (Wildman–Crippen LogP) is 5.84. The van der Waals surface area contributed by atoms with Crippen LogP contribution in [0, 0.1) is 0 Å². The molecule has 0 atom stereocenters. The van der Waals surface area contributed by atoms with Crippen molar-refractivity contribution in [2.75, 3.05) is 5.43 Å². The number of aromatic nitrogens is 1. The Hall–Kier alpha value is -3.44. The Bertz CT molecular complexity index is 1050. The number of para-hydroxylation sites is 1. The summed E-state index contributed by atoms with van der Waals surface area (Å²) in [5.74, 6) is 0.793. The van der Waals surface area contributed by atoms with Crippen molar-refractivity contribution in [3.8, 4) is 17.0 Å². The molecule has 0 bridgehead atoms. The van der Waals surface area contributed by atoms with Crippen LogP contribution in [-0.4, -0.2) is 11.2 Å². The summed E-state index contributed by atoms with van der Waals surface area (Å²) >= 11 is 1.52. The number of rotatable bonds is 7. The average molecular weight is 385 g/mol. The van der Waals surface area contributed by atoms with E-state index in [1.807, 2.05) is 90.3 Å². The van der Waals surface area contributed by atoms with Crippen LogP contribution in [0.1, 0.15) is 11.1 Å². The van der Waals surface area contributed by atoms with Crippen molar-refractivity contribution in [3.63, 3.8) is 0 Å². The van der Waals surface area contributed by atoms with E-state index in [-0.39, 0.29) is 0 Å². The molecule has 0 fully saturated rings. The lowest BCUT2D eigenvalue weighted by molar-refractivity contribution is 0.306. The van der Waals surface area contributed by atoms with Gasteiger partial charge in [0.25, 0.3) is 0 Å². The fraction of sp³-hybridized carbons (Fsp3) is 0.0435. The topological polar surface area (TPSA) is 46.5 Å². The van der Waals surface area contributed by atoms with Crippen LogP contribution in [0.4, 0.5) is 5.13 Å². The minimum Gasteiger partial charge on any atom is -0.488 e. The zero-order valence-electron chi connectivity index (χ0n) is 15.2. The molecule has 5 heteroatoms. The van der Waals surface area contributed by atoms with Crippen LogP contribution in [-0.2, 0) is 6.61 Å². The van der Waals surface area contributed by atoms with Gasteiger partial charge < -0.3 is 4.74 Å². The SMILES string of the molecule is C(=N/Nc1nc(-c2ccccc2)cs1)/c1ccccc1OCc1ccccc1. The molecule has 138 valence electrons. The Balaban J connectivity index is 1.40. The third kappa shape index (κ3) is 4.64. The molecule has 0 aliphatic rings. The van der Waals surface area contributed by atoms with Crippen LogP contribution >= 0.6 is 11.3 Å². The van der Waals surface area contributed by atoms with E-state index in [2.05, 4.69) is 15.5 Å². The van der Waals surface area contributed by atoms with Crippen molar-refractivity contribution in [1.82, 2.24) is 4.98 Å². The average Bonchev–Trinajstić information content (AvgIpc) is 3.23. The second-order valence-electron chi connectivity index (χ2n) is 6.09. The quantitative estimate of drug-likeness (QED) is 0.321. The van der Waals surface area contributed by atoms with Gasteiger partial charge in [-0.05, 0) is 17.7 Å². The Labute approximate surface area is 168 Å². The second kappa shape index (κ2) is 8.97. The smallest absolute Gasteiger partial charge is 0.203 e. The van der Waals surface area contributed by atoms with Gasteiger partial charge in [-0.2, -0.15) is 5.10 Å². The fourth-order valence-electron chi connectivity index (χ4n) is 2.68. The molecule has 3 aromatic carbocycles. The number of thiazole rings is 1. The van der Waals surface area contributed by atoms with E-state index in [1.165, 1.54) is 11.3 Å². The van der Waals surface area contributed by atoms with Crippen molar-refractivity contribution in [3.05, 3.63) is 101 Å². The van der Waals surface area contributed by atoms with Crippen LogP contribution in [0.2, 0.25) is 0 Å². The van der Waals surface area contributed by atoms with E-state index in [0.717, 1.165) is 33.3 Å². The van der Waals surface area contributed by atoms with E-state index in [0.29, 0.717) is 6.61 Å². The summed E-state index contributed by atoms with van der Waals surface area (Å²) < 4.78 is 5.96. The highest BCUT2D eigenvalue weighted by atomic mass is 32.1. The number of nitrogens with zero attached hydrogens (tertiary/aromatic N) is 2. The molecular formula is C23H19N3OS. The molecule has 0 aliphatic carbocycles. The molecule has 0 saturated carbocycles. The van der Waals surface area contributed by atoms with Gasteiger partial charge in [0.05, 0.1) is 11.9 Å². The summed E-state index contributed by atoms with van der Waals surface area (Å²) in [5.41, 5.74) is 7.07. The molecule has 28 heavy (non-hydrogen) atoms. The summed E-state index contributed by atoms with van der Waals surface area (Å²) in [6.45, 7) is 0.520. The molecule has 1 N–H and O–H groups in total. The Morgan fingerprint density at radius 1 is 0.893 bits per heavy atom. The number of hydrogen-bond donors (Lipinski definition) is 1. The first kappa shape index (κ1) is 17.9. The molecule has 0 spiro atoms. The van der Waals surface area contributed by atoms with Gasteiger partial charge in [0.1, 0.15) is 12.4 Å². The van der Waals surface area contributed by atoms with Gasteiger partial charge in [-0.3, -0.25) is 5.43 Å². The van der Waals surface area contributed by atoms with Gasteiger partial charge in [0.2, 0.25) is 5.13 Å². The Morgan fingerprint density at radius 3 is 2.43 bits per heavy atom. The zero-order valence-corrected chi connectivity index (χ0v) is 16.0. The maximum Gasteiger partial charge on any atom is 0.203 e. The van der Waals surface area contributed by atoms with Crippen molar-refractivity contribution in [2.24, 2.45) is 5.10 Å². The monoisotopic (exact) mass is 385 g/mol. The van der Waals surface area contributed by atoms with Crippen molar-refractivity contribution in [2.45, 2.75) is 6.61 Å². The van der Waals surface area contributed by atoms with E-state index in [4.69, 9.17) is 4.74 Å². The number of benzene rings is 3. The highest BCUT2D eigenvalue weighted by molar-refractivity contribution is 7.14. The van der Waals surface area contributed by atoms with Crippen molar-refractivity contribution < 1.29 is 4.74 Å². The Kier molecular flexibility index (Phi) is 5.75. The minimum absolute atomic E-state index is 0.520. The third-order valence-corrected chi connectivity index (χ3v) is 4.84. The first-order valence-corrected chi connectivity index (χ1v) is 9.82. The Morgan fingerprint density at radius 2 is 1.61 bits per heavy atom. The summed E-state index contributed by atoms with van der Waals surface area (Å²) in [6.07, 6.45) is 1.75. The predicted molar refractivity (Wildman–Crippen MR) is 116 cm³/mol. The zero-order chi connectivity index (χ0) is 19.0. The van der Waals surface area contributed by atoms with Crippen LogP contribution < -0.4 is 10.2 Å². The second-order valence-corrected chi connectivity index (χ2v) is 6.94. The van der Waals surface area contributed by atoms with Gasteiger partial charge in [-0.1, -0.05) is 72.8 Å². The van der Waals surface area contributed by atoms with Crippen LogP contribution in [0.15, 0.2) is 95.4 Å². The number of hydrogen-bond acceptors (Lipinski definition) is 5. The van der Waals surface area contributed by atoms with E-state index < -0.39 is 0 Å². The first-order chi connectivity index (χ1) is 13.9. The summed E-state index contributed by atoms with van der Waals surface area (Å²) in [7, 11) is 0. The standard InChI is InChI=1S/C23H19N3OS/c1-3-9-18(10-4-1)16-27-22-14-8-7-13-20(22)15-24-26-23-25-21(17-28-23)19-11-5-2-6-12-19/h1-15,17H,16H2,(H,25,26)/b24-15-. The number of ether oxygens (including phenoxy) is 1. The van der Waals surface area contributed by atoms with Gasteiger partial charge in [-0.15, -0.1) is 11.3 Å². The molecule has 4 rings (SSSR count). The normalized spacial score (nSPS) is 10.9. The van der Waals surface area contributed by atoms with Crippen molar-refractivity contribution >= 4 is 22.7 Å². The van der Waals surface area contributed by atoms with Gasteiger partial charge in [-0.25, -0.2) is 4.98 Å². The van der Waals surface area contributed by atoms with Gasteiger partial charge in [0.15, 0.2) is 0 Å². The number of nitrogens with one attached hydrogen (secondary N) is 1. The molecule has 0 unspecified atom stereocenters. The van der Waals surface area contributed by atoms with E-state index in [9.17, 15) is 0 Å². The van der Waals surface area contributed by atoms with Crippen LogP contribution in [0.3, 0.4) is 0 Å². The lowest BCUT2D eigenvalue weighted by atomic mass is 10.2. The van der Waals surface area contributed by atoms with Crippen LogP contribution in [0.5, 0.6) is 5.75 Å². The van der Waals surface area contributed by atoms with E-state index in [1.54, 1.807) is 6.21 Å². The molecular weight excluding hydrogens is 366 g/mol. The lowest BCUT2D eigenvalue weighted by Crippen LogP contribution is -1.99. The largest absolute Gasteiger partial charge is 0.488 e. The molecule has 0 saturated heterocycles. The van der Waals surface area contributed by atoms with E-state index >= 15 is 0 Å². The molecule has 0 amide bonds. The highest BCUT2D eigenvalue weighted by Gasteiger charge is 2.04. The lowest BCUT2D eigenvalue weighted by Gasteiger charge is -2.08. The number of anilines is 1. The fourth-order valence-corrected chi connectivity index (χ4v) is 3.35. The highest BCUT2D eigenvalue weighted by Crippen LogP contribution is 2.24. The van der Waals surface area contributed by atoms with Gasteiger partial charge in [0, 0.05) is 16.5 Å². The van der Waals surface area contributed by atoms with Crippen LogP contribution in [0.25, 0.3) is 11.3 Å². The number of hydrazone groups is 1. The van der Waals surface area contributed by atoms with Crippen molar-refractivity contribution in [1.29, 1.82) is 0 Å². The molecule has 0 radical (unpaired) electrons. The summed E-state index contributed by atoms with van der Waals surface area (Å²) in [4.78, 5) is 4.57. The maximum absolute atomic E-state index is 5.96. The maximum atomic E-state index is 5.96. The molecule has 4 aromatic rings. The molecule has 4 nitrogen and oxygen atoms in total. The van der Waals surface area contributed by atoms with Gasteiger partial charge >= 0.3 is 0 Å². The minimum atomic E-state index is 0.520. The third-order valence-electron chi connectivity index (χ3n) is 4.09. The molecule has 1 heterocycles. The molecule has 1 aromatic heterocycles. The summed E-state index contributed by atoms with van der Waals surface area (Å²) in [6, 6.07) is 28.0.